The molecule has 12 nitrogen and oxygen atoms in total. The van der Waals surface area contributed by atoms with Crippen LogP contribution in [0.15, 0.2) is 70.5 Å². The molecule has 4 N–H and O–H groups in total. The number of hydrogen-bond donors (Lipinski definition) is 4. The Hall–Kier alpha value is -4.75. The fourth-order valence-electron chi connectivity index (χ4n) is 4.01. The highest BCUT2D eigenvalue weighted by Crippen LogP contribution is 2.29. The monoisotopic (exact) mass is 579 g/mol. The zero-order valence-electron chi connectivity index (χ0n) is 22.5. The molecule has 4 aromatic rings. The molecule has 0 radical (unpaired) electrons. The van der Waals surface area contributed by atoms with Crippen molar-refractivity contribution in [2.45, 2.75) is 24.3 Å². The van der Waals surface area contributed by atoms with E-state index in [1.165, 1.54) is 32.4 Å². The molecule has 0 amide bonds. The van der Waals surface area contributed by atoms with E-state index in [4.69, 9.17) is 9.47 Å². The second kappa shape index (κ2) is 12.6. The molecule has 0 saturated heterocycles. The van der Waals surface area contributed by atoms with E-state index in [0.717, 1.165) is 16.9 Å². The highest BCUT2D eigenvalue weighted by molar-refractivity contribution is 7.89. The number of carbonyl (C=O) groups is 1. The molecule has 0 aliphatic heterocycles. The van der Waals surface area contributed by atoms with E-state index in [1.54, 1.807) is 24.4 Å². The van der Waals surface area contributed by atoms with Gasteiger partial charge in [-0.05, 0) is 54.4 Å². The first kappa shape index (κ1) is 29.2. The topological polar surface area (TPSA) is 173 Å². The summed E-state index contributed by atoms with van der Waals surface area (Å²) in [6.45, 7) is 2.51. The molecular formula is C28H29N5O7S. The molecule has 0 spiro atoms. The van der Waals surface area contributed by atoms with Crippen molar-refractivity contribution in [2.24, 2.45) is 0 Å². The lowest BCUT2D eigenvalue weighted by Crippen LogP contribution is -2.42. The first-order valence-electron chi connectivity index (χ1n) is 12.4. The maximum atomic E-state index is 12.9. The van der Waals surface area contributed by atoms with Gasteiger partial charge in [-0.15, -0.1) is 0 Å². The molecule has 0 bridgehead atoms. The smallest absolute Gasteiger partial charge is 0.322 e. The van der Waals surface area contributed by atoms with Crippen molar-refractivity contribution in [2.75, 3.05) is 26.1 Å². The molecule has 2 aromatic heterocycles. The molecule has 2 heterocycles. The number of hydrogen-bond acceptors (Lipinski definition) is 9. The second-order valence-electron chi connectivity index (χ2n) is 9.02. The van der Waals surface area contributed by atoms with Crippen LogP contribution in [0, 0.1) is 6.92 Å². The van der Waals surface area contributed by atoms with Gasteiger partial charge in [0.15, 0.2) is 11.5 Å². The second-order valence-corrected chi connectivity index (χ2v) is 10.7. The number of benzene rings is 2. The fourth-order valence-corrected chi connectivity index (χ4v) is 5.21. The van der Waals surface area contributed by atoms with Crippen LogP contribution in [0.1, 0.15) is 17.0 Å². The summed E-state index contributed by atoms with van der Waals surface area (Å²) in [7, 11) is -1.52. The highest BCUT2D eigenvalue weighted by atomic mass is 32.2. The number of ether oxygens (including phenoxy) is 2. The molecule has 0 aliphatic carbocycles. The van der Waals surface area contributed by atoms with Crippen molar-refractivity contribution < 1.29 is 27.8 Å². The summed E-state index contributed by atoms with van der Waals surface area (Å²) in [6.07, 6.45) is 5.07. The molecule has 0 fully saturated rings. The Balaban J connectivity index is 1.49. The molecule has 214 valence electrons. The summed E-state index contributed by atoms with van der Waals surface area (Å²) in [4.78, 5) is 35.7. The van der Waals surface area contributed by atoms with Gasteiger partial charge in [0, 0.05) is 25.2 Å². The molecule has 0 unspecified atom stereocenters. The van der Waals surface area contributed by atoms with E-state index in [2.05, 4.69) is 25.0 Å². The largest absolute Gasteiger partial charge is 0.493 e. The number of fused-ring (bicyclic) bond motifs is 1. The van der Waals surface area contributed by atoms with E-state index in [0.29, 0.717) is 23.2 Å². The minimum atomic E-state index is -4.27. The lowest BCUT2D eigenvalue weighted by Gasteiger charge is -2.16. The molecular weight excluding hydrogens is 550 g/mol. The Bertz CT molecular complexity index is 1770. The summed E-state index contributed by atoms with van der Waals surface area (Å²) in [5, 5.41) is 13.2. The van der Waals surface area contributed by atoms with Crippen molar-refractivity contribution >= 4 is 38.8 Å². The molecule has 4 rings (SSSR count). The average Bonchev–Trinajstić information content (AvgIpc) is 2.94. The van der Waals surface area contributed by atoms with E-state index < -0.39 is 34.0 Å². The fraction of sp³-hybridized carbons (Fsp3) is 0.214. The number of aryl methyl sites for hydroxylation is 1. The number of carboxylic acid groups (broad SMARTS) is 1. The van der Waals surface area contributed by atoms with Crippen molar-refractivity contribution in [3.8, 4) is 11.5 Å². The molecule has 0 aliphatic rings. The molecule has 1 atom stereocenters. The van der Waals surface area contributed by atoms with Gasteiger partial charge in [-0.25, -0.2) is 18.4 Å². The van der Waals surface area contributed by atoms with E-state index >= 15 is 0 Å². The minimum Gasteiger partial charge on any atom is -0.493 e. The Morgan fingerprint density at radius 3 is 2.59 bits per heavy atom. The number of aromatic nitrogens is 3. The van der Waals surface area contributed by atoms with Crippen molar-refractivity contribution in [1.29, 1.82) is 0 Å². The van der Waals surface area contributed by atoms with Crippen molar-refractivity contribution in [3.05, 3.63) is 88.1 Å². The molecule has 13 heteroatoms. The Morgan fingerprint density at radius 2 is 1.88 bits per heavy atom. The van der Waals surface area contributed by atoms with Gasteiger partial charge < -0.3 is 24.9 Å². The third-order valence-corrected chi connectivity index (χ3v) is 7.53. The van der Waals surface area contributed by atoms with E-state index in [9.17, 15) is 23.1 Å². The van der Waals surface area contributed by atoms with Gasteiger partial charge in [0.2, 0.25) is 10.0 Å². The van der Waals surface area contributed by atoms with Gasteiger partial charge in [0.05, 0.1) is 30.0 Å². The van der Waals surface area contributed by atoms with Crippen LogP contribution >= 0.6 is 0 Å². The van der Waals surface area contributed by atoms with Crippen LogP contribution in [-0.2, 0) is 21.2 Å². The number of pyridine rings is 1. The first-order valence-corrected chi connectivity index (χ1v) is 13.9. The number of aliphatic carboxylic acids is 1. The van der Waals surface area contributed by atoms with Crippen LogP contribution in [0.4, 0.5) is 5.82 Å². The predicted octanol–water partition coefficient (Wildman–Crippen LogP) is 2.74. The quantitative estimate of drug-likeness (QED) is 0.195. The summed E-state index contributed by atoms with van der Waals surface area (Å²) in [5.74, 6) is -0.188. The lowest BCUT2D eigenvalue weighted by atomic mass is 10.1. The van der Waals surface area contributed by atoms with Crippen molar-refractivity contribution in [1.82, 2.24) is 19.7 Å². The van der Waals surface area contributed by atoms with Gasteiger partial charge in [-0.2, -0.15) is 4.72 Å². The standard InChI is InChI=1S/C28H29N5O7S/c1-17-10-12-30-25(13-17)29-11-4-5-18-6-8-21-20(14-18)27(34)32-26(31-21)16-22(28(35)36)33-41(37,38)19-7-9-23(39-2)24(15-19)40-3/h4-10,12-15,22,33H,11,16H2,1-3H3,(H,29,30)(H,35,36)(H,31,32,34)/b5-4+/t22-/m0/s1. The number of H-pyrrole nitrogens is 1. The van der Waals surface area contributed by atoms with Crippen molar-refractivity contribution in [3.63, 3.8) is 0 Å². The van der Waals surface area contributed by atoms with Crippen LogP contribution in [0.25, 0.3) is 17.0 Å². The van der Waals surface area contributed by atoms with E-state index in [-0.39, 0.29) is 16.5 Å². The third-order valence-electron chi connectivity index (χ3n) is 6.06. The minimum absolute atomic E-state index is 0.0167. The number of sulfonamides is 1. The Kier molecular flexibility index (Phi) is 9.00. The van der Waals surface area contributed by atoms with Gasteiger partial charge in [0.1, 0.15) is 17.7 Å². The number of carboxylic acids is 1. The Morgan fingerprint density at radius 1 is 1.10 bits per heavy atom. The van der Waals surface area contributed by atoms with Gasteiger partial charge in [0.25, 0.3) is 5.56 Å². The van der Waals surface area contributed by atoms with Gasteiger partial charge >= 0.3 is 5.97 Å². The van der Waals surface area contributed by atoms with Crippen LogP contribution in [0.3, 0.4) is 0 Å². The number of methoxy groups -OCH3 is 2. The van der Waals surface area contributed by atoms with Crippen LogP contribution < -0.4 is 25.1 Å². The number of rotatable bonds is 12. The number of nitrogens with zero attached hydrogens (tertiary/aromatic N) is 2. The zero-order valence-corrected chi connectivity index (χ0v) is 23.4. The molecule has 41 heavy (non-hydrogen) atoms. The van der Waals surface area contributed by atoms with Gasteiger partial charge in [-0.3, -0.25) is 9.59 Å². The van der Waals surface area contributed by atoms with Crippen LogP contribution in [0.5, 0.6) is 11.5 Å². The number of nitrogens with one attached hydrogen (secondary N) is 3. The van der Waals surface area contributed by atoms with Crippen LogP contribution in [-0.4, -0.2) is 61.3 Å². The number of aromatic amines is 1. The summed E-state index contributed by atoms with van der Waals surface area (Å²) < 4.78 is 38.3. The summed E-state index contributed by atoms with van der Waals surface area (Å²) in [6, 6.07) is 11.2. The van der Waals surface area contributed by atoms with E-state index in [1.807, 2.05) is 31.2 Å². The maximum Gasteiger partial charge on any atom is 0.322 e. The van der Waals surface area contributed by atoms with Gasteiger partial charge in [-0.1, -0.05) is 18.2 Å². The first-order chi connectivity index (χ1) is 19.6. The zero-order chi connectivity index (χ0) is 29.6. The SMILES string of the molecule is COc1ccc(S(=O)(=O)N[C@@H](Cc2nc3ccc(/C=C/CNc4cc(C)ccn4)cc3c(=O)[nH]2)C(=O)O)cc1OC. The normalized spacial score (nSPS) is 12.4. The average molecular weight is 580 g/mol. The summed E-state index contributed by atoms with van der Waals surface area (Å²) in [5.41, 5.74) is 1.73. The predicted molar refractivity (Wildman–Crippen MR) is 154 cm³/mol. The number of anilines is 1. The highest BCUT2D eigenvalue weighted by Gasteiger charge is 2.27. The molecule has 0 saturated carbocycles. The third kappa shape index (κ3) is 7.26. The maximum absolute atomic E-state index is 12.9. The van der Waals surface area contributed by atoms with Crippen LogP contribution in [0.2, 0.25) is 0 Å². The lowest BCUT2D eigenvalue weighted by molar-refractivity contribution is -0.139. The summed E-state index contributed by atoms with van der Waals surface area (Å²) >= 11 is 0. The Labute approximate surface area is 236 Å². The molecule has 2 aromatic carbocycles.